The van der Waals surface area contributed by atoms with Gasteiger partial charge in [0.05, 0.1) is 16.6 Å². The molecule has 0 aliphatic carbocycles. The number of thioether (sulfide) groups is 1. The smallest absolute Gasteiger partial charge is 0.266 e. The number of fused-ring (bicyclic) bond motifs is 1. The highest BCUT2D eigenvalue weighted by Crippen LogP contribution is 2.26. The molecule has 5 nitrogen and oxygen atoms in total. The third-order valence-electron chi connectivity index (χ3n) is 5.77. The maximum Gasteiger partial charge on any atom is 0.266 e. The molecule has 1 aliphatic heterocycles. The van der Waals surface area contributed by atoms with Gasteiger partial charge in [0.1, 0.15) is 0 Å². The molecule has 0 atom stereocenters. The number of hydrogen-bond acceptors (Lipinski definition) is 4. The second-order valence-electron chi connectivity index (χ2n) is 8.02. The van der Waals surface area contributed by atoms with Crippen LogP contribution in [0.4, 0.5) is 0 Å². The van der Waals surface area contributed by atoms with Crippen LogP contribution in [0.5, 0.6) is 0 Å². The number of aromatic nitrogens is 2. The van der Waals surface area contributed by atoms with E-state index in [1.54, 1.807) is 22.8 Å². The standard InChI is InChI=1S/C26H22ClN3O2S/c27-20-6-5-7-21(16-20)30-25(32)22-8-1-2-9-23(22)28-26(30)33-17-18-10-12-19(13-11-18)24(31)29-14-3-4-15-29/h1-2,5-13,16H,3-4,14-15,17H2. The van der Waals surface area contributed by atoms with Crippen LogP contribution in [-0.2, 0) is 5.75 Å². The van der Waals surface area contributed by atoms with Crippen LogP contribution in [0.1, 0.15) is 28.8 Å². The van der Waals surface area contributed by atoms with Gasteiger partial charge in [0, 0.05) is 29.4 Å². The maximum atomic E-state index is 13.3. The zero-order valence-corrected chi connectivity index (χ0v) is 19.5. The van der Waals surface area contributed by atoms with Crippen LogP contribution in [0.3, 0.4) is 0 Å². The Balaban J connectivity index is 1.44. The quantitative estimate of drug-likeness (QED) is 0.280. The molecule has 1 aromatic heterocycles. The van der Waals surface area contributed by atoms with Gasteiger partial charge in [0.2, 0.25) is 0 Å². The zero-order valence-electron chi connectivity index (χ0n) is 17.9. The molecule has 0 N–H and O–H groups in total. The largest absolute Gasteiger partial charge is 0.339 e. The number of para-hydroxylation sites is 1. The first-order chi connectivity index (χ1) is 16.1. The highest BCUT2D eigenvalue weighted by atomic mass is 35.5. The zero-order chi connectivity index (χ0) is 22.8. The van der Waals surface area contributed by atoms with Crippen LogP contribution >= 0.6 is 23.4 Å². The second-order valence-corrected chi connectivity index (χ2v) is 9.40. The third kappa shape index (κ3) is 4.54. The summed E-state index contributed by atoms with van der Waals surface area (Å²) in [4.78, 5) is 32.6. The summed E-state index contributed by atoms with van der Waals surface area (Å²) in [6.45, 7) is 1.68. The van der Waals surface area contributed by atoms with Gasteiger partial charge in [-0.2, -0.15) is 0 Å². The first kappa shape index (κ1) is 21.7. The van der Waals surface area contributed by atoms with Gasteiger partial charge in [-0.05, 0) is 60.9 Å². The van der Waals surface area contributed by atoms with Crippen molar-refractivity contribution >= 4 is 40.2 Å². The normalized spacial score (nSPS) is 13.5. The van der Waals surface area contributed by atoms with Gasteiger partial charge < -0.3 is 4.90 Å². The number of hydrogen-bond donors (Lipinski definition) is 0. The van der Waals surface area contributed by atoms with Crippen LogP contribution in [-0.4, -0.2) is 33.4 Å². The number of nitrogens with zero attached hydrogens (tertiary/aromatic N) is 3. The number of carbonyl (C=O) groups is 1. The minimum absolute atomic E-state index is 0.0951. The van der Waals surface area contributed by atoms with E-state index in [9.17, 15) is 9.59 Å². The molecule has 1 fully saturated rings. The van der Waals surface area contributed by atoms with Gasteiger partial charge in [-0.15, -0.1) is 0 Å². The third-order valence-corrected chi connectivity index (χ3v) is 7.02. The molecule has 3 aromatic carbocycles. The van der Waals surface area contributed by atoms with E-state index in [1.807, 2.05) is 59.5 Å². The number of rotatable bonds is 5. The SMILES string of the molecule is O=C(c1ccc(CSc2nc3ccccc3c(=O)n2-c2cccc(Cl)c2)cc1)N1CCCC1. The Hall–Kier alpha value is -3.09. The van der Waals surface area contributed by atoms with Crippen molar-refractivity contribution in [1.82, 2.24) is 14.5 Å². The average Bonchev–Trinajstić information content (AvgIpc) is 3.38. The lowest BCUT2D eigenvalue weighted by Crippen LogP contribution is -2.27. The summed E-state index contributed by atoms with van der Waals surface area (Å²) in [6.07, 6.45) is 2.15. The Morgan fingerprint density at radius 1 is 0.970 bits per heavy atom. The lowest BCUT2D eigenvalue weighted by molar-refractivity contribution is 0.0793. The number of benzene rings is 3. The predicted octanol–water partition coefficient (Wildman–Crippen LogP) is 5.57. The summed E-state index contributed by atoms with van der Waals surface area (Å²) in [5.74, 6) is 0.710. The summed E-state index contributed by atoms with van der Waals surface area (Å²) in [7, 11) is 0. The van der Waals surface area contributed by atoms with Crippen LogP contribution in [0.15, 0.2) is 82.7 Å². The van der Waals surface area contributed by atoms with Crippen molar-refractivity contribution in [3.63, 3.8) is 0 Å². The van der Waals surface area contributed by atoms with Gasteiger partial charge in [0.25, 0.3) is 11.5 Å². The number of halogens is 1. The Morgan fingerprint density at radius 2 is 1.73 bits per heavy atom. The first-order valence-electron chi connectivity index (χ1n) is 10.9. The molecule has 166 valence electrons. The van der Waals surface area contributed by atoms with Crippen molar-refractivity contribution in [2.45, 2.75) is 23.8 Å². The molecule has 33 heavy (non-hydrogen) atoms. The topological polar surface area (TPSA) is 55.2 Å². The summed E-state index contributed by atoms with van der Waals surface area (Å²) in [6, 6.07) is 22.3. The van der Waals surface area contributed by atoms with Gasteiger partial charge >= 0.3 is 0 Å². The molecule has 0 unspecified atom stereocenters. The fourth-order valence-corrected chi connectivity index (χ4v) is 5.20. The van der Waals surface area contributed by atoms with Crippen LogP contribution in [0, 0.1) is 0 Å². The Kier molecular flexibility index (Phi) is 6.20. The summed E-state index contributed by atoms with van der Waals surface area (Å²) < 4.78 is 1.62. The van der Waals surface area contributed by atoms with E-state index in [0.717, 1.165) is 31.5 Å². The Labute approximate surface area is 201 Å². The monoisotopic (exact) mass is 475 g/mol. The highest BCUT2D eigenvalue weighted by Gasteiger charge is 2.19. The van der Waals surface area contributed by atoms with E-state index in [-0.39, 0.29) is 11.5 Å². The molecule has 1 aliphatic rings. The highest BCUT2D eigenvalue weighted by molar-refractivity contribution is 7.98. The molecule has 0 saturated carbocycles. The predicted molar refractivity (Wildman–Crippen MR) is 133 cm³/mol. The molecule has 7 heteroatoms. The fourth-order valence-electron chi connectivity index (χ4n) is 4.05. The van der Waals surface area contributed by atoms with Crippen LogP contribution < -0.4 is 5.56 Å². The van der Waals surface area contributed by atoms with Gasteiger partial charge in [-0.3, -0.25) is 14.2 Å². The molecule has 1 amide bonds. The van der Waals surface area contributed by atoms with Crippen LogP contribution in [0.25, 0.3) is 16.6 Å². The fraction of sp³-hybridized carbons (Fsp3) is 0.192. The van der Waals surface area contributed by atoms with Crippen molar-refractivity contribution in [3.8, 4) is 5.69 Å². The summed E-state index contributed by atoms with van der Waals surface area (Å²) in [5, 5.41) is 1.71. The summed E-state index contributed by atoms with van der Waals surface area (Å²) in [5.41, 5.74) is 2.98. The molecule has 0 bridgehead atoms. The average molecular weight is 476 g/mol. The van der Waals surface area contributed by atoms with Crippen molar-refractivity contribution < 1.29 is 4.79 Å². The van der Waals surface area contributed by atoms with Gasteiger partial charge in [-0.25, -0.2) is 4.98 Å². The molecule has 0 radical (unpaired) electrons. The molecule has 0 spiro atoms. The van der Waals surface area contributed by atoms with Crippen molar-refractivity contribution in [3.05, 3.63) is 99.3 Å². The van der Waals surface area contributed by atoms with E-state index in [2.05, 4.69) is 0 Å². The Morgan fingerprint density at radius 3 is 2.48 bits per heavy atom. The minimum atomic E-state index is -0.128. The van der Waals surface area contributed by atoms with Crippen molar-refractivity contribution in [2.75, 3.05) is 13.1 Å². The number of likely N-dealkylation sites (tertiary alicyclic amines) is 1. The van der Waals surface area contributed by atoms with E-state index < -0.39 is 0 Å². The second kappa shape index (κ2) is 9.41. The van der Waals surface area contributed by atoms with Crippen LogP contribution in [0.2, 0.25) is 5.02 Å². The molecule has 4 aromatic rings. The molecular formula is C26H22ClN3O2S. The van der Waals surface area contributed by atoms with Crippen molar-refractivity contribution in [2.24, 2.45) is 0 Å². The van der Waals surface area contributed by atoms with E-state index in [0.29, 0.717) is 38.1 Å². The van der Waals surface area contributed by atoms with Gasteiger partial charge in [0.15, 0.2) is 5.16 Å². The van der Waals surface area contributed by atoms with E-state index in [4.69, 9.17) is 16.6 Å². The molecule has 5 rings (SSSR count). The van der Waals surface area contributed by atoms with Gasteiger partial charge in [-0.1, -0.05) is 53.7 Å². The minimum Gasteiger partial charge on any atom is -0.339 e. The number of amides is 1. The lowest BCUT2D eigenvalue weighted by atomic mass is 10.1. The summed E-state index contributed by atoms with van der Waals surface area (Å²) >= 11 is 7.69. The maximum absolute atomic E-state index is 13.3. The van der Waals surface area contributed by atoms with E-state index >= 15 is 0 Å². The molecular weight excluding hydrogens is 454 g/mol. The molecule has 2 heterocycles. The first-order valence-corrected chi connectivity index (χ1v) is 12.3. The number of carbonyl (C=O) groups excluding carboxylic acids is 1. The van der Waals surface area contributed by atoms with Crippen molar-refractivity contribution in [1.29, 1.82) is 0 Å². The Bertz CT molecular complexity index is 1380. The van der Waals surface area contributed by atoms with E-state index in [1.165, 1.54) is 11.8 Å². The molecule has 1 saturated heterocycles. The lowest BCUT2D eigenvalue weighted by Gasteiger charge is -2.15.